The molecule has 2 aliphatic heterocycles. The minimum Gasteiger partial charge on any atom is -0.381 e. The fourth-order valence-corrected chi connectivity index (χ4v) is 5.31. The van der Waals surface area contributed by atoms with Crippen LogP contribution in [-0.2, 0) is 9.47 Å². The third-order valence-electron chi connectivity index (χ3n) is 7.27. The molecule has 2 aromatic carbocycles. The molecule has 2 saturated heterocycles. The van der Waals surface area contributed by atoms with Crippen LogP contribution in [0.1, 0.15) is 46.5 Å². The van der Waals surface area contributed by atoms with E-state index < -0.39 is 0 Å². The molecule has 1 amide bonds. The Morgan fingerprint density at radius 1 is 1.11 bits per heavy atom. The zero-order valence-electron chi connectivity index (χ0n) is 20.0. The molecule has 4 aromatic rings. The Morgan fingerprint density at radius 3 is 2.67 bits per heavy atom. The molecular weight excluding hydrogens is 463 g/mol. The van der Waals surface area contributed by atoms with Gasteiger partial charge >= 0.3 is 0 Å². The van der Waals surface area contributed by atoms with Crippen molar-refractivity contribution in [1.82, 2.24) is 19.7 Å². The largest absolute Gasteiger partial charge is 0.381 e. The number of aromatic nitrogens is 3. The van der Waals surface area contributed by atoms with Crippen LogP contribution in [0, 0.1) is 12.7 Å². The Hall–Kier alpha value is -3.56. The van der Waals surface area contributed by atoms with Gasteiger partial charge in [0.1, 0.15) is 11.9 Å². The second kappa shape index (κ2) is 9.15. The molecule has 2 aliphatic rings. The number of hydrogen-bond donors (Lipinski definition) is 1. The molecule has 6 rings (SSSR count). The lowest BCUT2D eigenvalue weighted by molar-refractivity contribution is -0.0228. The predicted octanol–water partition coefficient (Wildman–Crippen LogP) is 3.89. The van der Waals surface area contributed by atoms with Gasteiger partial charge in [0, 0.05) is 30.7 Å². The van der Waals surface area contributed by atoms with Crippen molar-refractivity contribution in [1.29, 1.82) is 0 Å². The van der Waals surface area contributed by atoms with Gasteiger partial charge in [-0.25, -0.2) is 4.39 Å². The number of rotatable bonds is 3. The smallest absolute Gasteiger partial charge is 0.259 e. The maximum Gasteiger partial charge on any atom is 0.259 e. The van der Waals surface area contributed by atoms with Gasteiger partial charge in [0.05, 0.1) is 41.8 Å². The SMILES string of the molecule is Cc1cc2c(cc1C(=O)N1CCOC(c3ccc(F)cc3)C1)[nH]c(=O)c1cnn(C3CCOCC3)c12. The summed E-state index contributed by atoms with van der Waals surface area (Å²) in [5.74, 6) is -0.431. The van der Waals surface area contributed by atoms with E-state index in [-0.39, 0.29) is 29.4 Å². The highest BCUT2D eigenvalue weighted by atomic mass is 19.1. The average molecular weight is 491 g/mol. The molecule has 0 bridgehead atoms. The third-order valence-corrected chi connectivity index (χ3v) is 7.27. The molecule has 2 fully saturated rings. The van der Waals surface area contributed by atoms with E-state index in [1.54, 1.807) is 29.3 Å². The number of fused-ring (bicyclic) bond motifs is 3. The lowest BCUT2D eigenvalue weighted by Crippen LogP contribution is -2.42. The number of carbonyl (C=O) groups is 1. The van der Waals surface area contributed by atoms with Crippen LogP contribution in [0.4, 0.5) is 4.39 Å². The van der Waals surface area contributed by atoms with Crippen LogP contribution in [0.5, 0.6) is 0 Å². The summed E-state index contributed by atoms with van der Waals surface area (Å²) in [5.41, 5.74) is 3.38. The topological polar surface area (TPSA) is 89.5 Å². The number of hydrogen-bond acceptors (Lipinski definition) is 5. The molecule has 0 spiro atoms. The van der Waals surface area contributed by atoms with Gasteiger partial charge in [-0.05, 0) is 55.2 Å². The monoisotopic (exact) mass is 490 g/mol. The Labute approximate surface area is 206 Å². The molecule has 9 heteroatoms. The van der Waals surface area contributed by atoms with Crippen LogP contribution < -0.4 is 5.56 Å². The Kier molecular flexibility index (Phi) is 5.81. The number of nitrogens with one attached hydrogen (secondary N) is 1. The Balaban J connectivity index is 1.36. The minimum absolute atomic E-state index is 0.122. The number of morpholine rings is 1. The molecule has 0 aliphatic carbocycles. The van der Waals surface area contributed by atoms with Gasteiger partial charge in [0.15, 0.2) is 0 Å². The average Bonchev–Trinajstić information content (AvgIpc) is 3.36. The van der Waals surface area contributed by atoms with E-state index >= 15 is 0 Å². The summed E-state index contributed by atoms with van der Waals surface area (Å²) >= 11 is 0. The number of aromatic amines is 1. The molecule has 186 valence electrons. The molecule has 1 unspecified atom stereocenters. The Bertz CT molecular complexity index is 1500. The number of carbonyl (C=O) groups excluding carboxylic acids is 1. The predicted molar refractivity (Wildman–Crippen MR) is 133 cm³/mol. The van der Waals surface area contributed by atoms with Crippen LogP contribution in [0.25, 0.3) is 21.8 Å². The zero-order valence-corrected chi connectivity index (χ0v) is 20.0. The van der Waals surface area contributed by atoms with Crippen molar-refractivity contribution >= 4 is 27.7 Å². The summed E-state index contributed by atoms with van der Waals surface area (Å²) in [5, 5.41) is 5.98. The highest BCUT2D eigenvalue weighted by Gasteiger charge is 2.28. The highest BCUT2D eigenvalue weighted by Crippen LogP contribution is 2.31. The second-order valence-electron chi connectivity index (χ2n) is 9.52. The lowest BCUT2D eigenvalue weighted by atomic mass is 10.0. The van der Waals surface area contributed by atoms with Crippen molar-refractivity contribution in [3.05, 3.63) is 75.5 Å². The van der Waals surface area contributed by atoms with Crippen LogP contribution in [0.15, 0.2) is 47.4 Å². The van der Waals surface area contributed by atoms with Crippen LogP contribution in [0.2, 0.25) is 0 Å². The summed E-state index contributed by atoms with van der Waals surface area (Å²) in [6.07, 6.45) is 2.98. The van der Waals surface area contributed by atoms with E-state index in [1.807, 2.05) is 17.7 Å². The number of H-pyrrole nitrogens is 1. The van der Waals surface area contributed by atoms with Gasteiger partial charge in [-0.15, -0.1) is 0 Å². The molecule has 1 N–H and O–H groups in total. The number of halogens is 1. The molecule has 4 heterocycles. The van der Waals surface area contributed by atoms with Crippen molar-refractivity contribution in [3.8, 4) is 0 Å². The number of ether oxygens (including phenoxy) is 2. The standard InChI is InChI=1S/C27H27FN4O4/c1-16-12-21-23(30-26(33)22-14-29-32(25(21)22)19-6-9-35-10-7-19)13-20(16)27(34)31-8-11-36-24(15-31)17-2-4-18(28)5-3-17/h2-5,12-14,19,24H,6-11,15H2,1H3,(H,30,33). The first-order chi connectivity index (χ1) is 17.5. The highest BCUT2D eigenvalue weighted by molar-refractivity contribution is 6.07. The van der Waals surface area contributed by atoms with Crippen molar-refractivity contribution in [3.63, 3.8) is 0 Å². The normalized spacial score (nSPS) is 19.3. The fourth-order valence-electron chi connectivity index (χ4n) is 5.31. The van der Waals surface area contributed by atoms with E-state index in [9.17, 15) is 14.0 Å². The molecule has 2 aromatic heterocycles. The van der Waals surface area contributed by atoms with E-state index in [1.165, 1.54) is 12.1 Å². The fraction of sp³-hybridized carbons (Fsp3) is 0.370. The summed E-state index contributed by atoms with van der Waals surface area (Å²) in [7, 11) is 0. The van der Waals surface area contributed by atoms with Crippen molar-refractivity contribution < 1.29 is 18.7 Å². The van der Waals surface area contributed by atoms with Crippen molar-refractivity contribution in [2.75, 3.05) is 32.9 Å². The van der Waals surface area contributed by atoms with Crippen molar-refractivity contribution in [2.24, 2.45) is 0 Å². The van der Waals surface area contributed by atoms with Crippen molar-refractivity contribution in [2.45, 2.75) is 31.9 Å². The second-order valence-corrected chi connectivity index (χ2v) is 9.52. The molecule has 0 radical (unpaired) electrons. The quantitative estimate of drug-likeness (QED) is 0.471. The summed E-state index contributed by atoms with van der Waals surface area (Å²) in [4.78, 5) is 31.2. The van der Waals surface area contributed by atoms with Gasteiger partial charge in [-0.2, -0.15) is 5.10 Å². The summed E-state index contributed by atoms with van der Waals surface area (Å²) in [6.45, 7) is 4.47. The number of benzene rings is 2. The number of aryl methyl sites for hydroxylation is 1. The minimum atomic E-state index is -0.322. The number of amides is 1. The van der Waals surface area contributed by atoms with Crippen LogP contribution >= 0.6 is 0 Å². The molecular formula is C27H27FN4O4. The molecule has 1 atom stereocenters. The van der Waals surface area contributed by atoms with Gasteiger partial charge in [-0.3, -0.25) is 14.3 Å². The lowest BCUT2D eigenvalue weighted by Gasteiger charge is -2.33. The number of nitrogens with zero attached hydrogens (tertiary/aromatic N) is 3. The first-order valence-electron chi connectivity index (χ1n) is 12.3. The first kappa shape index (κ1) is 22.9. The molecule has 0 saturated carbocycles. The van der Waals surface area contributed by atoms with E-state index in [0.717, 1.165) is 34.9 Å². The summed E-state index contributed by atoms with van der Waals surface area (Å²) in [6, 6.07) is 10.1. The Morgan fingerprint density at radius 2 is 1.89 bits per heavy atom. The first-order valence-corrected chi connectivity index (χ1v) is 12.3. The third kappa shape index (κ3) is 3.98. The summed E-state index contributed by atoms with van der Waals surface area (Å²) < 4.78 is 26.7. The maximum absolute atomic E-state index is 13.6. The van der Waals surface area contributed by atoms with E-state index in [2.05, 4.69) is 10.1 Å². The van der Waals surface area contributed by atoms with Gasteiger partial charge in [0.25, 0.3) is 11.5 Å². The zero-order chi connectivity index (χ0) is 24.8. The van der Waals surface area contributed by atoms with E-state index in [0.29, 0.717) is 49.4 Å². The van der Waals surface area contributed by atoms with Crippen LogP contribution in [0.3, 0.4) is 0 Å². The van der Waals surface area contributed by atoms with Gasteiger partial charge < -0.3 is 19.4 Å². The van der Waals surface area contributed by atoms with Gasteiger partial charge in [0.2, 0.25) is 0 Å². The van der Waals surface area contributed by atoms with Crippen LogP contribution in [-0.4, -0.2) is 58.5 Å². The van der Waals surface area contributed by atoms with E-state index in [4.69, 9.17) is 9.47 Å². The van der Waals surface area contributed by atoms with Gasteiger partial charge in [-0.1, -0.05) is 12.1 Å². The molecule has 36 heavy (non-hydrogen) atoms. The maximum atomic E-state index is 13.6. The molecule has 8 nitrogen and oxygen atoms in total. The number of pyridine rings is 1.